The van der Waals surface area contributed by atoms with Gasteiger partial charge >= 0.3 is 0 Å². The van der Waals surface area contributed by atoms with Gasteiger partial charge in [0.2, 0.25) is 0 Å². The quantitative estimate of drug-likeness (QED) is 0.430. The first kappa shape index (κ1) is 12.4. The molecule has 0 fully saturated rings. The maximum atomic E-state index is 4.22. The first-order valence-corrected chi connectivity index (χ1v) is 7.31. The summed E-state index contributed by atoms with van der Waals surface area (Å²) < 4.78 is 2.18. The van der Waals surface area contributed by atoms with Crippen molar-refractivity contribution in [2.75, 3.05) is 5.43 Å². The van der Waals surface area contributed by atoms with E-state index < -0.39 is 0 Å². The highest BCUT2D eigenvalue weighted by Gasteiger charge is 2.06. The van der Waals surface area contributed by atoms with Crippen LogP contribution in [-0.2, 0) is 0 Å². The third-order valence-electron chi connectivity index (χ3n) is 2.35. The number of thiophene rings is 1. The van der Waals surface area contributed by atoms with Gasteiger partial charge in [-0.3, -0.25) is 10.4 Å². The van der Waals surface area contributed by atoms with Gasteiger partial charge in [-0.15, -0.1) is 11.3 Å². The van der Waals surface area contributed by atoms with Crippen LogP contribution in [0.3, 0.4) is 0 Å². The Morgan fingerprint density at radius 1 is 1.37 bits per heavy atom. The highest BCUT2D eigenvalue weighted by atomic mass is 127. The Balaban J connectivity index is 1.84. The molecule has 0 atom stereocenters. The summed E-state index contributed by atoms with van der Waals surface area (Å²) in [6.07, 6.45) is 6.72. The monoisotopic (exact) mass is 381 g/mol. The number of halogens is 1. The van der Waals surface area contributed by atoms with Crippen molar-refractivity contribution in [1.29, 1.82) is 0 Å². The molecule has 5 nitrogen and oxygen atoms in total. The first-order chi connectivity index (χ1) is 9.33. The van der Waals surface area contributed by atoms with E-state index >= 15 is 0 Å². The second-order valence-corrected chi connectivity index (χ2v) is 6.59. The summed E-state index contributed by atoms with van der Waals surface area (Å²) in [4.78, 5) is 12.4. The molecule has 19 heavy (non-hydrogen) atoms. The molecular formula is C12H8IN5S. The van der Waals surface area contributed by atoms with Gasteiger partial charge < -0.3 is 0 Å². The molecule has 7 heteroatoms. The molecular weight excluding hydrogens is 373 g/mol. The summed E-state index contributed by atoms with van der Waals surface area (Å²) in [5.74, 6) is 0.720. The Labute approximate surface area is 127 Å². The Morgan fingerprint density at radius 2 is 2.32 bits per heavy atom. The third kappa shape index (κ3) is 2.87. The molecule has 94 valence electrons. The number of rotatable bonds is 3. The average Bonchev–Trinajstić information content (AvgIpc) is 2.81. The molecule has 0 saturated heterocycles. The van der Waals surface area contributed by atoms with E-state index in [2.05, 4.69) is 48.1 Å². The Bertz CT molecular complexity index is 725. The molecule has 0 spiro atoms. The van der Waals surface area contributed by atoms with Crippen molar-refractivity contribution in [3.8, 4) is 0 Å². The summed E-state index contributed by atoms with van der Waals surface area (Å²) in [6, 6.07) is 5.83. The molecule has 0 aliphatic heterocycles. The van der Waals surface area contributed by atoms with Crippen molar-refractivity contribution in [2.45, 2.75) is 0 Å². The zero-order chi connectivity index (χ0) is 13.1. The number of fused-ring (bicyclic) bond motifs is 1. The molecule has 0 aliphatic carbocycles. The summed E-state index contributed by atoms with van der Waals surface area (Å²) >= 11 is 3.91. The van der Waals surface area contributed by atoms with Gasteiger partial charge in [0.05, 0.1) is 19.3 Å². The van der Waals surface area contributed by atoms with Crippen LogP contribution in [0.5, 0.6) is 0 Å². The minimum Gasteiger partial charge on any atom is -0.264 e. The highest BCUT2D eigenvalue weighted by Crippen LogP contribution is 2.29. The second-order valence-electron chi connectivity index (χ2n) is 3.64. The predicted molar refractivity (Wildman–Crippen MR) is 85.6 cm³/mol. The Kier molecular flexibility index (Phi) is 3.65. The number of nitrogens with zero attached hydrogens (tertiary/aromatic N) is 4. The second kappa shape index (κ2) is 5.57. The van der Waals surface area contributed by atoms with E-state index in [0.717, 1.165) is 21.6 Å². The van der Waals surface area contributed by atoms with E-state index in [0.29, 0.717) is 0 Å². The largest absolute Gasteiger partial charge is 0.264 e. The van der Waals surface area contributed by atoms with Gasteiger partial charge in [-0.2, -0.15) is 5.10 Å². The van der Waals surface area contributed by atoms with Crippen molar-refractivity contribution in [3.05, 3.63) is 45.4 Å². The summed E-state index contributed by atoms with van der Waals surface area (Å²) in [7, 11) is 0. The lowest BCUT2D eigenvalue weighted by Crippen LogP contribution is -1.94. The van der Waals surface area contributed by atoms with Crippen LogP contribution in [-0.4, -0.2) is 21.2 Å². The van der Waals surface area contributed by atoms with Gasteiger partial charge in [0.1, 0.15) is 6.33 Å². The van der Waals surface area contributed by atoms with E-state index in [4.69, 9.17) is 0 Å². The zero-order valence-electron chi connectivity index (χ0n) is 9.62. The minimum absolute atomic E-state index is 0.720. The zero-order valence-corrected chi connectivity index (χ0v) is 12.6. The van der Waals surface area contributed by atoms with Crippen molar-refractivity contribution in [2.24, 2.45) is 5.10 Å². The van der Waals surface area contributed by atoms with E-state index in [9.17, 15) is 0 Å². The number of hydrogen-bond donors (Lipinski definition) is 1. The van der Waals surface area contributed by atoms with Crippen LogP contribution >= 0.6 is 33.9 Å². The Morgan fingerprint density at radius 3 is 3.16 bits per heavy atom. The van der Waals surface area contributed by atoms with Gasteiger partial charge in [-0.1, -0.05) is 6.07 Å². The fourth-order valence-electron chi connectivity index (χ4n) is 1.53. The van der Waals surface area contributed by atoms with Gasteiger partial charge in [-0.05, 0) is 34.7 Å². The van der Waals surface area contributed by atoms with E-state index in [1.54, 1.807) is 29.9 Å². The topological polar surface area (TPSA) is 63.1 Å². The predicted octanol–water partition coefficient (Wildman–Crippen LogP) is 3.14. The van der Waals surface area contributed by atoms with Gasteiger partial charge in [0.25, 0.3) is 0 Å². The number of hydrogen-bond acceptors (Lipinski definition) is 6. The molecule has 0 aliphatic rings. The van der Waals surface area contributed by atoms with Gasteiger partial charge in [0.15, 0.2) is 5.82 Å². The lowest BCUT2D eigenvalue weighted by Gasteiger charge is -1.99. The van der Waals surface area contributed by atoms with Crippen LogP contribution in [0.15, 0.2) is 42.0 Å². The molecule has 3 rings (SSSR count). The molecule has 3 aromatic heterocycles. The molecule has 0 bridgehead atoms. The summed E-state index contributed by atoms with van der Waals surface area (Å²) in [6.45, 7) is 0. The molecule has 0 amide bonds. The fraction of sp³-hybridized carbons (Fsp3) is 0. The summed E-state index contributed by atoms with van der Waals surface area (Å²) in [5, 5.41) is 4.17. The molecule has 0 aromatic carbocycles. The molecule has 0 unspecified atom stereocenters. The van der Waals surface area contributed by atoms with Crippen LogP contribution in [0.4, 0.5) is 5.82 Å². The van der Waals surface area contributed by atoms with E-state index in [-0.39, 0.29) is 0 Å². The number of anilines is 1. The first-order valence-electron chi connectivity index (χ1n) is 5.42. The molecule has 3 aromatic rings. The molecule has 1 N–H and O–H groups in total. The van der Waals surface area contributed by atoms with Crippen molar-refractivity contribution >= 4 is 56.2 Å². The lowest BCUT2D eigenvalue weighted by atomic mass is 10.3. The number of aromatic nitrogens is 3. The minimum atomic E-state index is 0.720. The number of hydrazone groups is 1. The SMILES string of the molecule is Ic1cc2ncnc(NN=Cc3cccnc3)c2s1. The fourth-order valence-corrected chi connectivity index (χ4v) is 3.26. The van der Waals surface area contributed by atoms with Crippen molar-refractivity contribution in [3.63, 3.8) is 0 Å². The van der Waals surface area contributed by atoms with Crippen LogP contribution in [0, 0.1) is 2.88 Å². The van der Waals surface area contributed by atoms with E-state index in [1.807, 2.05) is 18.2 Å². The highest BCUT2D eigenvalue weighted by molar-refractivity contribution is 14.1. The summed E-state index contributed by atoms with van der Waals surface area (Å²) in [5.41, 5.74) is 4.81. The average molecular weight is 381 g/mol. The Hall–Kier alpha value is -1.61. The third-order valence-corrected chi connectivity index (χ3v) is 4.24. The van der Waals surface area contributed by atoms with Crippen LogP contribution in [0.1, 0.15) is 5.56 Å². The van der Waals surface area contributed by atoms with Gasteiger partial charge in [-0.25, -0.2) is 9.97 Å². The van der Waals surface area contributed by atoms with E-state index in [1.165, 1.54) is 9.21 Å². The number of nitrogens with one attached hydrogen (secondary N) is 1. The molecule has 0 saturated carbocycles. The maximum Gasteiger partial charge on any atom is 0.167 e. The van der Waals surface area contributed by atoms with Crippen LogP contribution < -0.4 is 5.43 Å². The molecule has 3 heterocycles. The smallest absolute Gasteiger partial charge is 0.167 e. The lowest BCUT2D eigenvalue weighted by molar-refractivity contribution is 1.19. The van der Waals surface area contributed by atoms with Crippen LogP contribution in [0.25, 0.3) is 10.2 Å². The maximum absolute atomic E-state index is 4.22. The van der Waals surface area contributed by atoms with Gasteiger partial charge in [0, 0.05) is 18.0 Å². The number of pyridine rings is 1. The molecule has 0 radical (unpaired) electrons. The standard InChI is InChI=1S/C12H8IN5S/c13-10-4-9-11(19-10)12(16-7-15-9)18-17-6-8-2-1-3-14-5-8/h1-7H,(H,15,16,18). The normalized spacial score (nSPS) is 11.2. The van der Waals surface area contributed by atoms with Crippen molar-refractivity contribution < 1.29 is 0 Å². The van der Waals surface area contributed by atoms with Crippen LogP contribution in [0.2, 0.25) is 0 Å². The van der Waals surface area contributed by atoms with Crippen molar-refractivity contribution in [1.82, 2.24) is 15.0 Å².